The maximum absolute atomic E-state index is 12.8. The van der Waals surface area contributed by atoms with Gasteiger partial charge < -0.3 is 19.7 Å². The molecule has 1 aliphatic heterocycles. The summed E-state index contributed by atoms with van der Waals surface area (Å²) in [6, 6.07) is 12.3. The van der Waals surface area contributed by atoms with Crippen LogP contribution < -0.4 is 10.2 Å². The molecule has 1 aliphatic rings. The van der Waals surface area contributed by atoms with E-state index >= 15 is 0 Å². The van der Waals surface area contributed by atoms with E-state index in [0.29, 0.717) is 16.9 Å². The third-order valence-corrected chi connectivity index (χ3v) is 4.50. The average molecular weight is 396 g/mol. The van der Waals surface area contributed by atoms with Crippen molar-refractivity contribution in [1.29, 1.82) is 0 Å². The number of hydrogen-bond donors (Lipinski definition) is 1. The summed E-state index contributed by atoms with van der Waals surface area (Å²) in [6.45, 7) is 1.28. The number of anilines is 2. The molecule has 2 aromatic carbocycles. The molecule has 0 radical (unpaired) electrons. The highest BCUT2D eigenvalue weighted by atomic mass is 16.5. The van der Waals surface area contributed by atoms with Crippen LogP contribution >= 0.6 is 0 Å². The van der Waals surface area contributed by atoms with Gasteiger partial charge in [0.05, 0.1) is 29.6 Å². The van der Waals surface area contributed by atoms with Gasteiger partial charge in [-0.1, -0.05) is 12.1 Å². The number of rotatable bonds is 4. The molecule has 150 valence electrons. The van der Waals surface area contributed by atoms with Gasteiger partial charge >= 0.3 is 11.9 Å². The Labute approximate surface area is 167 Å². The Kier molecular flexibility index (Phi) is 5.92. The number of ether oxygens (including phenoxy) is 2. The van der Waals surface area contributed by atoms with Crippen molar-refractivity contribution < 1.29 is 28.7 Å². The lowest BCUT2D eigenvalue weighted by molar-refractivity contribution is -0.122. The SMILES string of the molecule is COC(=O)c1ccc(C(=O)OCC(=O)N2c3ccccc3NC(=O)CC2C)cc1. The number of amides is 2. The van der Waals surface area contributed by atoms with Gasteiger partial charge in [0.1, 0.15) is 0 Å². The quantitative estimate of drug-likeness (QED) is 0.797. The number of fused-ring (bicyclic) bond motifs is 1. The molecule has 0 aromatic heterocycles. The predicted molar refractivity (Wildman–Crippen MR) is 105 cm³/mol. The first-order chi connectivity index (χ1) is 13.9. The summed E-state index contributed by atoms with van der Waals surface area (Å²) in [4.78, 5) is 50.0. The zero-order chi connectivity index (χ0) is 21.0. The second kappa shape index (κ2) is 8.55. The fourth-order valence-electron chi connectivity index (χ4n) is 3.11. The number of carbonyl (C=O) groups is 4. The molecule has 29 heavy (non-hydrogen) atoms. The molecule has 0 spiro atoms. The lowest BCUT2D eigenvalue weighted by Gasteiger charge is -2.27. The van der Waals surface area contributed by atoms with Crippen molar-refractivity contribution in [1.82, 2.24) is 0 Å². The minimum Gasteiger partial charge on any atom is -0.465 e. The summed E-state index contributed by atoms with van der Waals surface area (Å²) in [5.41, 5.74) is 1.58. The van der Waals surface area contributed by atoms with Crippen LogP contribution in [-0.4, -0.2) is 43.5 Å². The van der Waals surface area contributed by atoms with Gasteiger partial charge in [0.15, 0.2) is 6.61 Å². The van der Waals surface area contributed by atoms with Crippen molar-refractivity contribution in [3.8, 4) is 0 Å². The van der Waals surface area contributed by atoms with E-state index in [9.17, 15) is 19.2 Å². The maximum atomic E-state index is 12.8. The maximum Gasteiger partial charge on any atom is 0.338 e. The van der Waals surface area contributed by atoms with E-state index in [1.54, 1.807) is 31.2 Å². The van der Waals surface area contributed by atoms with Crippen LogP contribution in [0.3, 0.4) is 0 Å². The number of carbonyl (C=O) groups excluding carboxylic acids is 4. The van der Waals surface area contributed by atoms with Crippen LogP contribution in [-0.2, 0) is 19.1 Å². The molecule has 1 heterocycles. The minimum atomic E-state index is -0.695. The highest BCUT2D eigenvalue weighted by Gasteiger charge is 2.30. The molecular weight excluding hydrogens is 376 g/mol. The number of nitrogens with zero attached hydrogens (tertiary/aromatic N) is 1. The first kappa shape index (κ1) is 20.1. The van der Waals surface area contributed by atoms with Crippen molar-refractivity contribution >= 4 is 35.1 Å². The normalized spacial score (nSPS) is 15.6. The van der Waals surface area contributed by atoms with Crippen LogP contribution in [0.2, 0.25) is 0 Å². The zero-order valence-electron chi connectivity index (χ0n) is 16.0. The summed E-state index contributed by atoms with van der Waals surface area (Å²) < 4.78 is 9.75. The smallest absolute Gasteiger partial charge is 0.338 e. The molecule has 8 nitrogen and oxygen atoms in total. The fourth-order valence-corrected chi connectivity index (χ4v) is 3.11. The Morgan fingerprint density at radius 2 is 1.66 bits per heavy atom. The average Bonchev–Trinajstić information content (AvgIpc) is 2.85. The molecule has 2 aromatic rings. The molecule has 3 rings (SSSR count). The van der Waals surface area contributed by atoms with Crippen molar-refractivity contribution in [3.05, 3.63) is 59.7 Å². The summed E-state index contributed by atoms with van der Waals surface area (Å²) in [6.07, 6.45) is 0.128. The van der Waals surface area contributed by atoms with E-state index in [-0.39, 0.29) is 17.9 Å². The Balaban J connectivity index is 1.70. The van der Waals surface area contributed by atoms with E-state index in [1.807, 2.05) is 0 Å². The number of methoxy groups -OCH3 is 1. The van der Waals surface area contributed by atoms with E-state index in [0.717, 1.165) is 0 Å². The molecule has 0 saturated carbocycles. The predicted octanol–water partition coefficient (Wildman–Crippen LogP) is 2.39. The van der Waals surface area contributed by atoms with Gasteiger partial charge in [-0.2, -0.15) is 0 Å². The van der Waals surface area contributed by atoms with Crippen molar-refractivity contribution in [2.45, 2.75) is 19.4 Å². The van der Waals surface area contributed by atoms with Crippen LogP contribution in [0, 0.1) is 0 Å². The van der Waals surface area contributed by atoms with Crippen LogP contribution in [0.5, 0.6) is 0 Å². The van der Waals surface area contributed by atoms with Crippen LogP contribution in [0.1, 0.15) is 34.1 Å². The Morgan fingerprint density at radius 1 is 1.03 bits per heavy atom. The largest absolute Gasteiger partial charge is 0.465 e. The summed E-state index contributed by atoms with van der Waals surface area (Å²) >= 11 is 0. The molecular formula is C21H20N2O6. The van der Waals surface area contributed by atoms with Gasteiger partial charge in [-0.15, -0.1) is 0 Å². The van der Waals surface area contributed by atoms with Crippen LogP contribution in [0.25, 0.3) is 0 Å². The van der Waals surface area contributed by atoms with Gasteiger partial charge in [-0.05, 0) is 43.3 Å². The molecule has 8 heteroatoms. The van der Waals surface area contributed by atoms with Gasteiger partial charge in [-0.25, -0.2) is 9.59 Å². The summed E-state index contributed by atoms with van der Waals surface area (Å²) in [7, 11) is 1.27. The molecule has 0 saturated heterocycles. The number of hydrogen-bond acceptors (Lipinski definition) is 6. The molecule has 2 amide bonds. The monoisotopic (exact) mass is 396 g/mol. The Hall–Kier alpha value is -3.68. The molecule has 0 fully saturated rings. The lowest BCUT2D eigenvalue weighted by Crippen LogP contribution is -2.41. The fraction of sp³-hybridized carbons (Fsp3) is 0.238. The van der Waals surface area contributed by atoms with Gasteiger partial charge in [-0.3, -0.25) is 9.59 Å². The molecule has 0 bridgehead atoms. The molecule has 0 aliphatic carbocycles. The second-order valence-electron chi connectivity index (χ2n) is 6.53. The second-order valence-corrected chi connectivity index (χ2v) is 6.53. The lowest BCUT2D eigenvalue weighted by atomic mass is 10.1. The Bertz CT molecular complexity index is 954. The Morgan fingerprint density at radius 3 is 2.31 bits per heavy atom. The molecule has 1 N–H and O–H groups in total. The number of benzene rings is 2. The van der Waals surface area contributed by atoms with E-state index < -0.39 is 30.5 Å². The highest BCUT2D eigenvalue weighted by molar-refractivity contribution is 6.05. The number of esters is 2. The van der Waals surface area contributed by atoms with E-state index in [1.165, 1.54) is 36.3 Å². The summed E-state index contributed by atoms with van der Waals surface area (Å²) in [5, 5.41) is 2.77. The number of para-hydroxylation sites is 2. The van der Waals surface area contributed by atoms with Crippen LogP contribution in [0.15, 0.2) is 48.5 Å². The minimum absolute atomic E-state index is 0.128. The first-order valence-electron chi connectivity index (χ1n) is 8.97. The van der Waals surface area contributed by atoms with E-state index in [2.05, 4.69) is 10.1 Å². The summed E-state index contributed by atoms with van der Waals surface area (Å²) in [5.74, 6) is -1.85. The van der Waals surface area contributed by atoms with Crippen LogP contribution in [0.4, 0.5) is 11.4 Å². The number of nitrogens with one attached hydrogen (secondary N) is 1. The zero-order valence-corrected chi connectivity index (χ0v) is 16.0. The van der Waals surface area contributed by atoms with Gasteiger partial charge in [0, 0.05) is 12.5 Å². The van der Waals surface area contributed by atoms with Gasteiger partial charge in [0.2, 0.25) is 5.91 Å². The third-order valence-electron chi connectivity index (χ3n) is 4.50. The standard InChI is InChI=1S/C21H20N2O6/c1-13-11-18(24)22-16-5-3-4-6-17(16)23(13)19(25)12-29-21(27)15-9-7-14(8-10-15)20(26)28-2/h3-10,13H,11-12H2,1-2H3,(H,22,24). The van der Waals surface area contributed by atoms with Crippen molar-refractivity contribution in [2.75, 3.05) is 23.9 Å². The first-order valence-corrected chi connectivity index (χ1v) is 8.97. The van der Waals surface area contributed by atoms with E-state index in [4.69, 9.17) is 4.74 Å². The van der Waals surface area contributed by atoms with Crippen molar-refractivity contribution in [3.63, 3.8) is 0 Å². The molecule has 1 atom stereocenters. The highest BCUT2D eigenvalue weighted by Crippen LogP contribution is 2.31. The molecule has 1 unspecified atom stereocenters. The van der Waals surface area contributed by atoms with Gasteiger partial charge in [0.25, 0.3) is 5.91 Å². The topological polar surface area (TPSA) is 102 Å². The van der Waals surface area contributed by atoms with Crippen molar-refractivity contribution in [2.24, 2.45) is 0 Å². The third kappa shape index (κ3) is 4.43.